The van der Waals surface area contributed by atoms with E-state index in [4.69, 9.17) is 0 Å². The van der Waals surface area contributed by atoms with E-state index in [0.717, 1.165) is 16.7 Å². The van der Waals surface area contributed by atoms with E-state index in [2.05, 4.69) is 0 Å². The van der Waals surface area contributed by atoms with Crippen LogP contribution >= 0.6 is 0 Å². The molecule has 0 heterocycles. The third-order valence-corrected chi connectivity index (χ3v) is 3.31. The molecule has 0 aromatic heterocycles. The fourth-order valence-electron chi connectivity index (χ4n) is 1.99. The summed E-state index contributed by atoms with van der Waals surface area (Å²) in [5.41, 5.74) is 2.31. The molecule has 3 heteroatoms. The SMILES string of the molecule is CCC(O)c1cc(C(O)CC)cc(C(O)CC)c1. The Balaban J connectivity index is 3.19. The van der Waals surface area contributed by atoms with Gasteiger partial charge in [0.15, 0.2) is 0 Å². The highest BCUT2D eigenvalue weighted by molar-refractivity contribution is 5.34. The van der Waals surface area contributed by atoms with Gasteiger partial charge < -0.3 is 15.3 Å². The van der Waals surface area contributed by atoms with E-state index in [0.29, 0.717) is 19.3 Å². The molecule has 0 aliphatic rings. The Morgan fingerprint density at radius 3 is 1.06 bits per heavy atom. The van der Waals surface area contributed by atoms with Gasteiger partial charge in [-0.3, -0.25) is 0 Å². The van der Waals surface area contributed by atoms with Crippen LogP contribution < -0.4 is 0 Å². The van der Waals surface area contributed by atoms with Crippen LogP contribution in [-0.4, -0.2) is 15.3 Å². The van der Waals surface area contributed by atoms with Gasteiger partial charge >= 0.3 is 0 Å². The lowest BCUT2D eigenvalue weighted by Gasteiger charge is -2.18. The van der Waals surface area contributed by atoms with Crippen LogP contribution in [0.1, 0.15) is 75.0 Å². The van der Waals surface area contributed by atoms with Gasteiger partial charge in [-0.1, -0.05) is 39.0 Å². The maximum atomic E-state index is 9.92. The van der Waals surface area contributed by atoms with Crippen molar-refractivity contribution in [3.05, 3.63) is 34.9 Å². The molecule has 0 saturated carbocycles. The average molecular weight is 252 g/mol. The largest absolute Gasteiger partial charge is 0.388 e. The van der Waals surface area contributed by atoms with E-state index in [1.807, 2.05) is 39.0 Å². The standard InChI is InChI=1S/C15H24O3/c1-4-13(16)10-7-11(14(17)5-2)9-12(8-10)15(18)6-3/h7-9,13-18H,4-6H2,1-3H3. The Kier molecular flexibility index (Phi) is 5.79. The highest BCUT2D eigenvalue weighted by Gasteiger charge is 2.15. The number of aliphatic hydroxyl groups excluding tert-OH is 3. The summed E-state index contributed by atoms with van der Waals surface area (Å²) >= 11 is 0. The normalized spacial score (nSPS) is 16.3. The first kappa shape index (κ1) is 15.2. The molecule has 1 rings (SSSR count). The summed E-state index contributed by atoms with van der Waals surface area (Å²) in [6.45, 7) is 5.72. The van der Waals surface area contributed by atoms with Crippen molar-refractivity contribution in [2.45, 2.75) is 58.3 Å². The zero-order chi connectivity index (χ0) is 13.7. The molecule has 1 aromatic carbocycles. The van der Waals surface area contributed by atoms with Crippen LogP contribution in [0, 0.1) is 0 Å². The molecule has 0 bridgehead atoms. The number of rotatable bonds is 6. The van der Waals surface area contributed by atoms with Crippen molar-refractivity contribution in [2.24, 2.45) is 0 Å². The van der Waals surface area contributed by atoms with Crippen LogP contribution in [0.25, 0.3) is 0 Å². The minimum Gasteiger partial charge on any atom is -0.388 e. The minimum absolute atomic E-state index is 0.545. The molecule has 0 fully saturated rings. The molecule has 0 aliphatic heterocycles. The van der Waals surface area contributed by atoms with Crippen molar-refractivity contribution in [3.63, 3.8) is 0 Å². The molecule has 3 unspecified atom stereocenters. The smallest absolute Gasteiger partial charge is 0.0787 e. The van der Waals surface area contributed by atoms with Gasteiger partial charge in [0.05, 0.1) is 18.3 Å². The van der Waals surface area contributed by atoms with Gasteiger partial charge in [-0.25, -0.2) is 0 Å². The third kappa shape index (κ3) is 3.55. The summed E-state index contributed by atoms with van der Waals surface area (Å²) in [5.74, 6) is 0. The average Bonchev–Trinajstić information content (AvgIpc) is 2.43. The van der Waals surface area contributed by atoms with Crippen molar-refractivity contribution >= 4 is 0 Å². The Bertz CT molecular complexity index is 307. The molecule has 3 N–H and O–H groups in total. The van der Waals surface area contributed by atoms with E-state index in [9.17, 15) is 15.3 Å². The van der Waals surface area contributed by atoms with Crippen LogP contribution in [0.3, 0.4) is 0 Å². The Hall–Kier alpha value is -0.900. The van der Waals surface area contributed by atoms with Crippen molar-refractivity contribution in [3.8, 4) is 0 Å². The van der Waals surface area contributed by atoms with Gasteiger partial charge in [-0.15, -0.1) is 0 Å². The molecule has 3 nitrogen and oxygen atoms in total. The number of hydrogen-bond donors (Lipinski definition) is 3. The molecular weight excluding hydrogens is 228 g/mol. The summed E-state index contributed by atoms with van der Waals surface area (Å²) in [5, 5.41) is 29.8. The molecule has 0 spiro atoms. The summed E-state index contributed by atoms with van der Waals surface area (Å²) in [4.78, 5) is 0. The first-order chi connectivity index (χ1) is 8.53. The quantitative estimate of drug-likeness (QED) is 0.729. The lowest BCUT2D eigenvalue weighted by molar-refractivity contribution is 0.160. The Labute approximate surface area is 109 Å². The van der Waals surface area contributed by atoms with Gasteiger partial charge in [0, 0.05) is 0 Å². The van der Waals surface area contributed by atoms with Crippen LogP contribution in [0.5, 0.6) is 0 Å². The molecule has 0 aliphatic carbocycles. The van der Waals surface area contributed by atoms with E-state index >= 15 is 0 Å². The molecule has 18 heavy (non-hydrogen) atoms. The Morgan fingerprint density at radius 2 is 0.889 bits per heavy atom. The van der Waals surface area contributed by atoms with E-state index < -0.39 is 18.3 Å². The Morgan fingerprint density at radius 1 is 0.667 bits per heavy atom. The van der Waals surface area contributed by atoms with E-state index in [-0.39, 0.29) is 0 Å². The molecular formula is C15H24O3. The number of aliphatic hydroxyl groups is 3. The van der Waals surface area contributed by atoms with Gasteiger partial charge in [0.25, 0.3) is 0 Å². The predicted octanol–water partition coefficient (Wildman–Crippen LogP) is 3.02. The van der Waals surface area contributed by atoms with Gasteiger partial charge in [0.2, 0.25) is 0 Å². The van der Waals surface area contributed by atoms with E-state index in [1.54, 1.807) is 0 Å². The lowest BCUT2D eigenvalue weighted by Crippen LogP contribution is -2.05. The van der Waals surface area contributed by atoms with Gasteiger partial charge in [0.1, 0.15) is 0 Å². The highest BCUT2D eigenvalue weighted by Crippen LogP contribution is 2.28. The summed E-state index contributed by atoms with van der Waals surface area (Å²) in [6, 6.07) is 5.48. The third-order valence-electron chi connectivity index (χ3n) is 3.31. The van der Waals surface area contributed by atoms with Crippen molar-refractivity contribution in [1.29, 1.82) is 0 Å². The highest BCUT2D eigenvalue weighted by atomic mass is 16.3. The fraction of sp³-hybridized carbons (Fsp3) is 0.600. The van der Waals surface area contributed by atoms with Crippen molar-refractivity contribution in [1.82, 2.24) is 0 Å². The number of hydrogen-bond acceptors (Lipinski definition) is 3. The maximum Gasteiger partial charge on any atom is 0.0787 e. The van der Waals surface area contributed by atoms with Crippen LogP contribution in [-0.2, 0) is 0 Å². The lowest BCUT2D eigenvalue weighted by atomic mass is 9.94. The van der Waals surface area contributed by atoms with Crippen LogP contribution in [0.4, 0.5) is 0 Å². The molecule has 0 amide bonds. The molecule has 102 valence electrons. The zero-order valence-electron chi connectivity index (χ0n) is 11.4. The second-order valence-corrected chi connectivity index (χ2v) is 4.71. The monoisotopic (exact) mass is 252 g/mol. The van der Waals surface area contributed by atoms with Crippen molar-refractivity contribution < 1.29 is 15.3 Å². The summed E-state index contributed by atoms with van der Waals surface area (Å²) in [7, 11) is 0. The van der Waals surface area contributed by atoms with E-state index in [1.165, 1.54) is 0 Å². The first-order valence-electron chi connectivity index (χ1n) is 6.72. The first-order valence-corrected chi connectivity index (χ1v) is 6.72. The molecule has 3 atom stereocenters. The summed E-state index contributed by atoms with van der Waals surface area (Å²) < 4.78 is 0. The summed E-state index contributed by atoms with van der Waals surface area (Å²) in [6.07, 6.45) is 0.221. The van der Waals surface area contributed by atoms with Crippen LogP contribution in [0.2, 0.25) is 0 Å². The van der Waals surface area contributed by atoms with Gasteiger partial charge in [-0.2, -0.15) is 0 Å². The topological polar surface area (TPSA) is 60.7 Å². The second kappa shape index (κ2) is 6.88. The van der Waals surface area contributed by atoms with Crippen molar-refractivity contribution in [2.75, 3.05) is 0 Å². The predicted molar refractivity (Wildman–Crippen MR) is 72.2 cm³/mol. The minimum atomic E-state index is -0.545. The second-order valence-electron chi connectivity index (χ2n) is 4.71. The van der Waals surface area contributed by atoms with Crippen LogP contribution in [0.15, 0.2) is 18.2 Å². The fourth-order valence-corrected chi connectivity index (χ4v) is 1.99. The molecule has 0 saturated heterocycles. The maximum absolute atomic E-state index is 9.92. The molecule has 1 aromatic rings. The van der Waals surface area contributed by atoms with Gasteiger partial charge in [-0.05, 0) is 36.0 Å². The number of benzene rings is 1. The molecule has 0 radical (unpaired) electrons. The zero-order valence-corrected chi connectivity index (χ0v) is 11.4.